The molecular weight excluding hydrogens is 290 g/mol. The second-order valence-corrected chi connectivity index (χ2v) is 6.64. The number of hydrogen-bond acceptors (Lipinski definition) is 4. The van der Waals surface area contributed by atoms with Crippen LogP contribution in [0.3, 0.4) is 0 Å². The third-order valence-electron chi connectivity index (χ3n) is 3.39. The number of methoxy groups -OCH3 is 1. The van der Waals surface area contributed by atoms with Crippen molar-refractivity contribution in [1.82, 2.24) is 4.72 Å². The number of nitrogens with one attached hydrogen (secondary N) is 1. The number of hydrogen-bond donors (Lipinski definition) is 2. The number of ether oxygens (including phenoxy) is 1. The Hall–Kier alpha value is -1.11. The van der Waals surface area contributed by atoms with E-state index < -0.39 is 10.0 Å². The van der Waals surface area contributed by atoms with Crippen molar-refractivity contribution in [3.05, 3.63) is 23.8 Å². The van der Waals surface area contributed by atoms with E-state index in [1.807, 2.05) is 13.8 Å². The van der Waals surface area contributed by atoms with Crippen molar-refractivity contribution in [3.8, 4) is 5.75 Å². The van der Waals surface area contributed by atoms with Crippen LogP contribution in [0.1, 0.15) is 38.7 Å². The Labute approximate surface area is 127 Å². The quantitative estimate of drug-likeness (QED) is 0.731. The van der Waals surface area contributed by atoms with Crippen molar-refractivity contribution in [3.63, 3.8) is 0 Å². The Morgan fingerprint density at radius 1 is 1.33 bits per heavy atom. The second-order valence-electron chi connectivity index (χ2n) is 4.96. The monoisotopic (exact) mass is 315 g/mol. The number of benzene rings is 1. The van der Waals surface area contributed by atoms with Crippen molar-refractivity contribution in [2.75, 3.05) is 13.7 Å². The van der Waals surface area contributed by atoms with Gasteiger partial charge in [0.1, 0.15) is 5.75 Å². The molecule has 0 amide bonds. The standard InChI is InChI=1S/C15H25NO4S/c1-4-6-13(5-2)16-21(18,19)15-8-7-14(20-3)11-12(15)9-10-17/h7-8,11,13,16-17H,4-6,9-10H2,1-3H3. The maximum absolute atomic E-state index is 12.5. The average molecular weight is 315 g/mol. The highest BCUT2D eigenvalue weighted by atomic mass is 32.2. The van der Waals surface area contributed by atoms with Crippen LogP contribution in [-0.2, 0) is 16.4 Å². The summed E-state index contributed by atoms with van der Waals surface area (Å²) in [5.41, 5.74) is 0.565. The molecule has 1 aromatic rings. The van der Waals surface area contributed by atoms with E-state index in [1.54, 1.807) is 12.1 Å². The van der Waals surface area contributed by atoms with Crippen LogP contribution in [0.5, 0.6) is 5.75 Å². The zero-order valence-electron chi connectivity index (χ0n) is 12.9. The van der Waals surface area contributed by atoms with Crippen molar-refractivity contribution in [2.24, 2.45) is 0 Å². The van der Waals surface area contributed by atoms with Crippen LogP contribution in [0.4, 0.5) is 0 Å². The van der Waals surface area contributed by atoms with E-state index in [1.165, 1.54) is 13.2 Å². The summed E-state index contributed by atoms with van der Waals surface area (Å²) in [6, 6.07) is 4.75. The second kappa shape index (κ2) is 8.36. The first-order chi connectivity index (χ1) is 9.98. The van der Waals surface area contributed by atoms with Crippen LogP contribution in [-0.4, -0.2) is 33.3 Å². The topological polar surface area (TPSA) is 75.6 Å². The maximum atomic E-state index is 12.5. The van der Waals surface area contributed by atoms with Crippen molar-refractivity contribution >= 4 is 10.0 Å². The molecule has 0 saturated heterocycles. The molecule has 21 heavy (non-hydrogen) atoms. The maximum Gasteiger partial charge on any atom is 0.241 e. The van der Waals surface area contributed by atoms with Gasteiger partial charge in [0, 0.05) is 12.6 Å². The highest BCUT2D eigenvalue weighted by Crippen LogP contribution is 2.23. The van der Waals surface area contributed by atoms with Gasteiger partial charge in [0.2, 0.25) is 10.0 Å². The third kappa shape index (κ3) is 4.98. The molecule has 1 rings (SSSR count). The zero-order valence-corrected chi connectivity index (χ0v) is 13.7. The van der Waals surface area contributed by atoms with Gasteiger partial charge in [-0.15, -0.1) is 0 Å². The molecule has 0 bridgehead atoms. The minimum absolute atomic E-state index is 0.0657. The molecule has 1 aromatic carbocycles. The number of sulfonamides is 1. The molecule has 0 heterocycles. The molecule has 0 aliphatic rings. The zero-order chi connectivity index (χ0) is 15.9. The summed E-state index contributed by atoms with van der Waals surface area (Å²) in [4.78, 5) is 0.215. The van der Waals surface area contributed by atoms with E-state index in [2.05, 4.69) is 4.72 Å². The molecule has 0 saturated carbocycles. The fraction of sp³-hybridized carbons (Fsp3) is 0.600. The fourth-order valence-corrected chi connectivity index (χ4v) is 3.84. The van der Waals surface area contributed by atoms with Crippen molar-refractivity contribution in [1.29, 1.82) is 0 Å². The minimum atomic E-state index is -3.59. The van der Waals surface area contributed by atoms with Gasteiger partial charge in [0.05, 0.1) is 12.0 Å². The molecule has 0 fully saturated rings. The molecule has 0 aliphatic heterocycles. The van der Waals surface area contributed by atoms with Gasteiger partial charge in [0.15, 0.2) is 0 Å². The van der Waals surface area contributed by atoms with Gasteiger partial charge in [-0.25, -0.2) is 13.1 Å². The number of rotatable bonds is 9. The Morgan fingerprint density at radius 2 is 2.05 bits per heavy atom. The minimum Gasteiger partial charge on any atom is -0.497 e. The molecule has 0 aromatic heterocycles. The molecular formula is C15H25NO4S. The predicted molar refractivity (Wildman–Crippen MR) is 83.1 cm³/mol. The normalized spacial score (nSPS) is 13.1. The smallest absolute Gasteiger partial charge is 0.241 e. The van der Waals surface area contributed by atoms with Crippen LogP contribution < -0.4 is 9.46 Å². The predicted octanol–water partition coefficient (Wildman–Crippen LogP) is 2.09. The van der Waals surface area contributed by atoms with Crippen LogP contribution >= 0.6 is 0 Å². The van der Waals surface area contributed by atoms with Crippen LogP contribution in [0, 0.1) is 0 Å². The molecule has 0 radical (unpaired) electrons. The number of aliphatic hydroxyl groups is 1. The first-order valence-electron chi connectivity index (χ1n) is 7.28. The van der Waals surface area contributed by atoms with Gasteiger partial charge >= 0.3 is 0 Å². The summed E-state index contributed by atoms with van der Waals surface area (Å²) < 4.78 is 32.9. The van der Waals surface area contributed by atoms with Gasteiger partial charge < -0.3 is 9.84 Å². The summed E-state index contributed by atoms with van der Waals surface area (Å²) in [5.74, 6) is 0.581. The molecule has 5 nitrogen and oxygen atoms in total. The lowest BCUT2D eigenvalue weighted by Gasteiger charge is -2.18. The lowest BCUT2D eigenvalue weighted by Crippen LogP contribution is -2.34. The van der Waals surface area contributed by atoms with E-state index in [0.29, 0.717) is 11.3 Å². The summed E-state index contributed by atoms with van der Waals surface area (Å²) in [6.45, 7) is 3.88. The van der Waals surface area contributed by atoms with Crippen LogP contribution in [0.15, 0.2) is 23.1 Å². The van der Waals surface area contributed by atoms with Gasteiger partial charge in [0.25, 0.3) is 0 Å². The first kappa shape index (κ1) is 17.9. The highest BCUT2D eigenvalue weighted by molar-refractivity contribution is 7.89. The SMILES string of the molecule is CCCC(CC)NS(=O)(=O)c1ccc(OC)cc1CCO. The Morgan fingerprint density at radius 3 is 2.57 bits per heavy atom. The summed E-state index contributed by atoms with van der Waals surface area (Å²) in [6.07, 6.45) is 2.75. The number of aliphatic hydroxyl groups excluding tert-OH is 1. The Balaban J connectivity index is 3.11. The van der Waals surface area contributed by atoms with Gasteiger partial charge in [-0.3, -0.25) is 0 Å². The molecule has 2 N–H and O–H groups in total. The van der Waals surface area contributed by atoms with E-state index in [-0.39, 0.29) is 24.0 Å². The van der Waals surface area contributed by atoms with E-state index >= 15 is 0 Å². The fourth-order valence-electron chi connectivity index (χ4n) is 2.24. The summed E-state index contributed by atoms with van der Waals surface area (Å²) in [7, 11) is -2.06. The van der Waals surface area contributed by atoms with E-state index in [9.17, 15) is 8.42 Å². The molecule has 0 aliphatic carbocycles. The molecule has 1 atom stereocenters. The van der Waals surface area contributed by atoms with Crippen LogP contribution in [0.2, 0.25) is 0 Å². The average Bonchev–Trinajstić information content (AvgIpc) is 2.46. The lowest BCUT2D eigenvalue weighted by atomic mass is 10.1. The molecule has 1 unspecified atom stereocenters. The van der Waals surface area contributed by atoms with Crippen molar-refractivity contribution in [2.45, 2.75) is 50.5 Å². The van der Waals surface area contributed by atoms with E-state index in [4.69, 9.17) is 9.84 Å². The van der Waals surface area contributed by atoms with E-state index in [0.717, 1.165) is 19.3 Å². The summed E-state index contributed by atoms with van der Waals surface area (Å²) in [5, 5.41) is 9.13. The van der Waals surface area contributed by atoms with Gasteiger partial charge in [-0.05, 0) is 43.0 Å². The lowest BCUT2D eigenvalue weighted by molar-refractivity contribution is 0.298. The highest BCUT2D eigenvalue weighted by Gasteiger charge is 2.22. The first-order valence-corrected chi connectivity index (χ1v) is 8.76. The van der Waals surface area contributed by atoms with Crippen molar-refractivity contribution < 1.29 is 18.3 Å². The largest absolute Gasteiger partial charge is 0.497 e. The molecule has 6 heteroatoms. The summed E-state index contributed by atoms with van der Waals surface area (Å²) >= 11 is 0. The Bertz CT molecular complexity index is 543. The molecule has 120 valence electrons. The van der Waals surface area contributed by atoms with Gasteiger partial charge in [-0.2, -0.15) is 0 Å². The molecule has 0 spiro atoms. The Kier molecular flexibility index (Phi) is 7.14. The van der Waals surface area contributed by atoms with Crippen LogP contribution in [0.25, 0.3) is 0 Å². The van der Waals surface area contributed by atoms with Gasteiger partial charge in [-0.1, -0.05) is 20.3 Å². The third-order valence-corrected chi connectivity index (χ3v) is 5.01.